The summed E-state index contributed by atoms with van der Waals surface area (Å²) in [5, 5.41) is -0.154. The van der Waals surface area contributed by atoms with Crippen molar-refractivity contribution in [2.45, 2.75) is 74.7 Å². The van der Waals surface area contributed by atoms with Crippen molar-refractivity contribution >= 4 is 33.2 Å². The Morgan fingerprint density at radius 3 is 2.70 bits per heavy atom. The summed E-state index contributed by atoms with van der Waals surface area (Å²) in [5.74, 6) is 0.756. The van der Waals surface area contributed by atoms with Crippen molar-refractivity contribution in [2.24, 2.45) is 11.8 Å². The second-order valence-corrected chi connectivity index (χ2v) is 15.2. The van der Waals surface area contributed by atoms with Gasteiger partial charge >= 0.3 is 0 Å². The normalized spacial score (nSPS) is 32.3. The van der Waals surface area contributed by atoms with Crippen molar-refractivity contribution in [1.82, 2.24) is 4.72 Å². The van der Waals surface area contributed by atoms with Crippen LogP contribution in [0.15, 0.2) is 48.6 Å². The number of carbonyl (C=O) groups excluding carboxylic acids is 1. The van der Waals surface area contributed by atoms with Crippen LogP contribution in [0, 0.1) is 11.8 Å². The van der Waals surface area contributed by atoms with Crippen molar-refractivity contribution in [3.05, 3.63) is 70.3 Å². The summed E-state index contributed by atoms with van der Waals surface area (Å²) in [7, 11) is -0.778. The molecular formula is C34H43ClN2O6S. The number of ether oxygens (including phenoxy) is 3. The predicted octanol–water partition coefficient (Wildman–Crippen LogP) is 5.67. The summed E-state index contributed by atoms with van der Waals surface area (Å²) in [4.78, 5) is 15.9. The standard InChI is InChI=1S/C34H43ClN2O6S/c1-4-32-31(42-3)9-5-8-29(41-2)26-13-10-24(26)19-37-20-34(16-6-7-22-17-25(35)12-14-27(22)34)21-43-30-15-11-23(18-28(30)37)33(38)36-44(32,39)40/h5,8,11-12,14-15,17-18,24,26,29,31-32H,4,6-7,9-10,13,16,19-21H2,1-3H3,(H,36,38)/b8-5+/t24?,26?,29?,31-,32-,34-/m0/s1. The molecule has 8 nitrogen and oxygen atoms in total. The minimum atomic E-state index is -4.03. The lowest BCUT2D eigenvalue weighted by Crippen LogP contribution is -2.49. The molecule has 0 aromatic heterocycles. The van der Waals surface area contributed by atoms with E-state index >= 15 is 0 Å². The zero-order valence-electron chi connectivity index (χ0n) is 25.8. The zero-order valence-corrected chi connectivity index (χ0v) is 27.3. The smallest absolute Gasteiger partial charge is 0.264 e. The number of carbonyl (C=O) groups is 1. The second kappa shape index (κ2) is 12.7. The van der Waals surface area contributed by atoms with E-state index in [1.807, 2.05) is 18.2 Å². The highest BCUT2D eigenvalue weighted by Gasteiger charge is 2.44. The van der Waals surface area contributed by atoms with Gasteiger partial charge in [0.2, 0.25) is 10.0 Å². The fourth-order valence-corrected chi connectivity index (χ4v) is 9.66. The third-order valence-electron chi connectivity index (χ3n) is 10.4. The molecule has 238 valence electrons. The van der Waals surface area contributed by atoms with Gasteiger partial charge in [0.1, 0.15) is 11.0 Å². The number of fused-ring (bicyclic) bond motifs is 4. The minimum absolute atomic E-state index is 0.0870. The molecule has 1 N–H and O–H groups in total. The molecule has 2 aliphatic heterocycles. The minimum Gasteiger partial charge on any atom is -0.490 e. The molecule has 2 heterocycles. The van der Waals surface area contributed by atoms with E-state index in [9.17, 15) is 13.2 Å². The molecule has 2 bridgehead atoms. The number of nitrogens with zero attached hydrogens (tertiary/aromatic N) is 1. The number of hydrogen-bond donors (Lipinski definition) is 1. The molecule has 2 aromatic rings. The Bertz CT molecular complexity index is 1530. The Labute approximate surface area is 266 Å². The summed E-state index contributed by atoms with van der Waals surface area (Å²) in [6, 6.07) is 11.5. The maximum Gasteiger partial charge on any atom is 0.264 e. The first-order chi connectivity index (χ1) is 21.2. The molecule has 1 amide bonds. The number of amides is 1. The van der Waals surface area contributed by atoms with Crippen LogP contribution in [-0.2, 0) is 31.3 Å². The molecule has 10 heteroatoms. The van der Waals surface area contributed by atoms with Gasteiger partial charge in [-0.25, -0.2) is 13.1 Å². The van der Waals surface area contributed by atoms with Crippen LogP contribution >= 0.6 is 11.6 Å². The van der Waals surface area contributed by atoms with Gasteiger partial charge in [0.05, 0.1) is 24.5 Å². The van der Waals surface area contributed by atoms with Crippen molar-refractivity contribution in [2.75, 3.05) is 38.8 Å². The number of aryl methyl sites for hydroxylation is 1. The van der Waals surface area contributed by atoms with E-state index in [0.717, 1.165) is 55.9 Å². The molecule has 1 fully saturated rings. The third kappa shape index (κ3) is 5.88. The van der Waals surface area contributed by atoms with Crippen LogP contribution in [0.2, 0.25) is 5.02 Å². The van der Waals surface area contributed by atoms with E-state index in [1.54, 1.807) is 26.2 Å². The first-order valence-corrected chi connectivity index (χ1v) is 17.7. The molecular weight excluding hydrogens is 600 g/mol. The second-order valence-electron chi connectivity index (χ2n) is 12.8. The topological polar surface area (TPSA) is 94.2 Å². The monoisotopic (exact) mass is 642 g/mol. The first kappa shape index (κ1) is 31.4. The van der Waals surface area contributed by atoms with Gasteiger partial charge in [0, 0.05) is 43.3 Å². The van der Waals surface area contributed by atoms with Crippen molar-refractivity contribution in [1.29, 1.82) is 0 Å². The maximum atomic E-state index is 13.5. The highest BCUT2D eigenvalue weighted by molar-refractivity contribution is 7.90. The fourth-order valence-electron chi connectivity index (χ4n) is 7.88. The van der Waals surface area contributed by atoms with Gasteiger partial charge in [-0.05, 0) is 98.2 Å². The van der Waals surface area contributed by atoms with Gasteiger partial charge in [-0.1, -0.05) is 36.7 Å². The maximum absolute atomic E-state index is 13.5. The summed E-state index contributed by atoms with van der Waals surface area (Å²) in [6.07, 6.45) is 9.18. The number of anilines is 1. The van der Waals surface area contributed by atoms with Gasteiger partial charge in [-0.2, -0.15) is 0 Å². The highest BCUT2D eigenvalue weighted by Crippen LogP contribution is 2.47. The average molecular weight is 643 g/mol. The molecule has 0 radical (unpaired) electrons. The molecule has 2 aliphatic carbocycles. The van der Waals surface area contributed by atoms with E-state index in [-0.39, 0.29) is 17.1 Å². The molecule has 3 unspecified atom stereocenters. The van der Waals surface area contributed by atoms with Crippen molar-refractivity contribution < 1.29 is 27.4 Å². The van der Waals surface area contributed by atoms with Crippen LogP contribution in [-0.4, -0.2) is 65.7 Å². The Kier molecular flexibility index (Phi) is 9.03. The van der Waals surface area contributed by atoms with Crippen LogP contribution in [0.5, 0.6) is 5.75 Å². The first-order valence-electron chi connectivity index (χ1n) is 15.8. The van der Waals surface area contributed by atoms with Gasteiger partial charge in [0.15, 0.2) is 0 Å². The molecule has 1 saturated carbocycles. The molecule has 1 spiro atoms. The molecule has 6 rings (SSSR count). The van der Waals surface area contributed by atoms with E-state index in [2.05, 4.69) is 27.8 Å². The van der Waals surface area contributed by atoms with Gasteiger partial charge in [-0.3, -0.25) is 4.79 Å². The third-order valence-corrected chi connectivity index (χ3v) is 12.5. The summed E-state index contributed by atoms with van der Waals surface area (Å²) in [5.41, 5.74) is 3.40. The average Bonchev–Trinajstić information content (AvgIpc) is 3.14. The molecule has 44 heavy (non-hydrogen) atoms. The number of benzene rings is 2. The Balaban J connectivity index is 1.43. The number of hydrogen-bond acceptors (Lipinski definition) is 7. The van der Waals surface area contributed by atoms with Crippen molar-refractivity contribution in [3.8, 4) is 5.75 Å². The number of nitrogens with one attached hydrogen (secondary N) is 1. The van der Waals surface area contributed by atoms with Gasteiger partial charge < -0.3 is 19.1 Å². The number of sulfonamides is 1. The Morgan fingerprint density at radius 2 is 1.98 bits per heavy atom. The molecule has 6 atom stereocenters. The van der Waals surface area contributed by atoms with E-state index < -0.39 is 27.3 Å². The lowest BCUT2D eigenvalue weighted by molar-refractivity contribution is 0.0129. The largest absolute Gasteiger partial charge is 0.490 e. The molecule has 2 aromatic carbocycles. The Hall–Kier alpha value is -2.59. The van der Waals surface area contributed by atoms with Crippen LogP contribution in [0.4, 0.5) is 5.69 Å². The number of rotatable bonds is 3. The highest BCUT2D eigenvalue weighted by atomic mass is 35.5. The van der Waals surface area contributed by atoms with Crippen molar-refractivity contribution in [3.63, 3.8) is 0 Å². The van der Waals surface area contributed by atoms with E-state index in [1.165, 1.54) is 18.2 Å². The summed E-state index contributed by atoms with van der Waals surface area (Å²) in [6.45, 7) is 3.81. The zero-order chi connectivity index (χ0) is 31.1. The lowest BCUT2D eigenvalue weighted by atomic mass is 9.68. The number of halogens is 1. The summed E-state index contributed by atoms with van der Waals surface area (Å²) < 4.78 is 47.6. The van der Waals surface area contributed by atoms with Crippen LogP contribution < -0.4 is 14.4 Å². The van der Waals surface area contributed by atoms with Gasteiger partial charge in [-0.15, -0.1) is 0 Å². The molecule has 0 saturated heterocycles. The quantitative estimate of drug-likeness (QED) is 0.432. The molecule has 4 aliphatic rings. The lowest BCUT2D eigenvalue weighted by Gasteiger charge is -2.46. The van der Waals surface area contributed by atoms with E-state index in [0.29, 0.717) is 37.0 Å². The van der Waals surface area contributed by atoms with Crippen LogP contribution in [0.25, 0.3) is 0 Å². The van der Waals surface area contributed by atoms with Crippen LogP contribution in [0.1, 0.15) is 66.9 Å². The van der Waals surface area contributed by atoms with Gasteiger partial charge in [0.25, 0.3) is 5.91 Å². The summed E-state index contributed by atoms with van der Waals surface area (Å²) >= 11 is 6.41. The predicted molar refractivity (Wildman–Crippen MR) is 172 cm³/mol. The SMILES string of the molecule is CC[C@H]1[C@@H](OC)C/C=C/C(OC)C2CCC2CN2C[C@@]3(CCCc4cc(Cl)ccc43)COc3ccc(cc32)C(=O)NS1(=O)=O. The van der Waals surface area contributed by atoms with E-state index in [4.69, 9.17) is 25.8 Å². The Morgan fingerprint density at radius 1 is 1.14 bits per heavy atom. The fraction of sp³-hybridized carbons (Fsp3) is 0.559. The number of methoxy groups -OCH3 is 2. The van der Waals surface area contributed by atoms with Crippen LogP contribution in [0.3, 0.4) is 0 Å².